The zero-order chi connectivity index (χ0) is 19.0. The maximum absolute atomic E-state index is 10.3. The Balaban J connectivity index is 2.29. The van der Waals surface area contributed by atoms with Crippen molar-refractivity contribution in [2.45, 2.75) is 5.92 Å². The molecule has 0 saturated carbocycles. The van der Waals surface area contributed by atoms with Crippen LogP contribution < -0.4 is 0 Å². The molecule has 26 heavy (non-hydrogen) atoms. The van der Waals surface area contributed by atoms with E-state index in [0.717, 1.165) is 12.1 Å². The Hall–Kier alpha value is -3.74. The second-order valence-electron chi connectivity index (χ2n) is 5.83. The number of benzene rings is 3. The van der Waals surface area contributed by atoms with E-state index in [0.29, 0.717) is 0 Å². The van der Waals surface area contributed by atoms with Gasteiger partial charge in [-0.3, -0.25) is 0 Å². The molecule has 134 valence electrons. The molecule has 3 aromatic carbocycles. The van der Waals surface area contributed by atoms with Crippen molar-refractivity contribution in [1.82, 2.24) is 0 Å². The number of aromatic hydroxyl groups is 7. The van der Waals surface area contributed by atoms with Crippen LogP contribution in [0.15, 0.2) is 48.5 Å². The van der Waals surface area contributed by atoms with Crippen LogP contribution in [0.25, 0.3) is 0 Å². The molecule has 7 nitrogen and oxygen atoms in total. The van der Waals surface area contributed by atoms with Crippen LogP contribution in [0.2, 0.25) is 0 Å². The molecule has 0 aliphatic heterocycles. The molecule has 0 aliphatic carbocycles. The highest BCUT2D eigenvalue weighted by Gasteiger charge is 2.25. The van der Waals surface area contributed by atoms with Crippen LogP contribution in [-0.2, 0) is 0 Å². The van der Waals surface area contributed by atoms with Gasteiger partial charge in [-0.15, -0.1) is 0 Å². The monoisotopic (exact) mass is 356 g/mol. The lowest BCUT2D eigenvalue weighted by atomic mass is 9.83. The summed E-state index contributed by atoms with van der Waals surface area (Å²) in [5, 5.41) is 68.8. The average Bonchev–Trinajstić information content (AvgIpc) is 2.56. The number of phenols is 7. The third-order valence-electron chi connectivity index (χ3n) is 4.08. The Bertz CT molecular complexity index is 907. The Morgan fingerprint density at radius 1 is 0.500 bits per heavy atom. The lowest BCUT2D eigenvalue weighted by molar-refractivity contribution is 0.367. The highest BCUT2D eigenvalue weighted by molar-refractivity contribution is 5.59. The standard InChI is InChI=1S/C19H16O7/c20-10-1-3-12(14(22)7-10)18(13-4-2-11(21)8-15(13)23)9-5-16(24)19(26)17(25)6-9/h1-8,18,20-26H. The van der Waals surface area contributed by atoms with Gasteiger partial charge in [0.15, 0.2) is 17.2 Å². The highest BCUT2D eigenvalue weighted by Crippen LogP contribution is 2.46. The van der Waals surface area contributed by atoms with Gasteiger partial charge in [0.2, 0.25) is 0 Å². The molecular formula is C19H16O7. The van der Waals surface area contributed by atoms with Crippen molar-refractivity contribution in [3.63, 3.8) is 0 Å². The first-order valence-electron chi connectivity index (χ1n) is 7.56. The fourth-order valence-corrected chi connectivity index (χ4v) is 2.87. The van der Waals surface area contributed by atoms with Gasteiger partial charge in [-0.2, -0.15) is 0 Å². The van der Waals surface area contributed by atoms with E-state index in [-0.39, 0.29) is 39.7 Å². The van der Waals surface area contributed by atoms with E-state index >= 15 is 0 Å². The maximum Gasteiger partial charge on any atom is 0.200 e. The molecule has 0 bridgehead atoms. The number of hydrogen-bond acceptors (Lipinski definition) is 7. The van der Waals surface area contributed by atoms with Crippen LogP contribution in [0.5, 0.6) is 40.2 Å². The van der Waals surface area contributed by atoms with Gasteiger partial charge in [0.25, 0.3) is 0 Å². The predicted octanol–water partition coefficient (Wildman–Crippen LogP) is 2.81. The molecule has 0 saturated heterocycles. The van der Waals surface area contributed by atoms with E-state index < -0.39 is 23.2 Å². The van der Waals surface area contributed by atoms with Gasteiger partial charge in [-0.25, -0.2) is 0 Å². The van der Waals surface area contributed by atoms with E-state index in [2.05, 4.69) is 0 Å². The van der Waals surface area contributed by atoms with E-state index in [9.17, 15) is 35.7 Å². The van der Waals surface area contributed by atoms with Gasteiger partial charge in [-0.05, 0) is 29.8 Å². The van der Waals surface area contributed by atoms with E-state index in [1.807, 2.05) is 0 Å². The molecule has 0 fully saturated rings. The predicted molar refractivity (Wildman–Crippen MR) is 91.9 cm³/mol. The molecule has 3 rings (SSSR count). The van der Waals surface area contributed by atoms with Crippen LogP contribution in [0.1, 0.15) is 22.6 Å². The largest absolute Gasteiger partial charge is 0.508 e. The highest BCUT2D eigenvalue weighted by atomic mass is 16.3. The Kier molecular flexibility index (Phi) is 4.13. The molecule has 0 unspecified atom stereocenters. The van der Waals surface area contributed by atoms with Crippen molar-refractivity contribution in [3.8, 4) is 40.2 Å². The second-order valence-corrected chi connectivity index (χ2v) is 5.83. The van der Waals surface area contributed by atoms with Crippen molar-refractivity contribution in [2.75, 3.05) is 0 Å². The molecule has 0 radical (unpaired) electrons. The molecule has 0 amide bonds. The Morgan fingerprint density at radius 3 is 1.31 bits per heavy atom. The third-order valence-corrected chi connectivity index (χ3v) is 4.08. The second kappa shape index (κ2) is 6.29. The van der Waals surface area contributed by atoms with E-state index in [1.54, 1.807) is 0 Å². The van der Waals surface area contributed by atoms with Gasteiger partial charge in [-0.1, -0.05) is 12.1 Å². The molecular weight excluding hydrogens is 340 g/mol. The zero-order valence-corrected chi connectivity index (χ0v) is 13.3. The van der Waals surface area contributed by atoms with Gasteiger partial charge >= 0.3 is 0 Å². The summed E-state index contributed by atoms with van der Waals surface area (Å²) in [4.78, 5) is 0. The van der Waals surface area contributed by atoms with Gasteiger partial charge in [0.05, 0.1) is 0 Å². The topological polar surface area (TPSA) is 142 Å². The number of hydrogen-bond donors (Lipinski definition) is 7. The fourth-order valence-electron chi connectivity index (χ4n) is 2.87. The fraction of sp³-hybridized carbons (Fsp3) is 0.0526. The summed E-state index contributed by atoms with van der Waals surface area (Å²) < 4.78 is 0. The van der Waals surface area contributed by atoms with Crippen molar-refractivity contribution in [1.29, 1.82) is 0 Å². The van der Waals surface area contributed by atoms with Gasteiger partial charge in [0.1, 0.15) is 23.0 Å². The summed E-state index contributed by atoms with van der Waals surface area (Å²) in [5.41, 5.74) is 0.765. The quantitative estimate of drug-likeness (QED) is 0.282. The zero-order valence-electron chi connectivity index (χ0n) is 13.3. The summed E-state index contributed by atoms with van der Waals surface area (Å²) in [6.07, 6.45) is 0. The molecule has 0 spiro atoms. The summed E-state index contributed by atoms with van der Waals surface area (Å²) in [6, 6.07) is 10.1. The lowest BCUT2D eigenvalue weighted by Gasteiger charge is -2.22. The van der Waals surface area contributed by atoms with Crippen LogP contribution >= 0.6 is 0 Å². The van der Waals surface area contributed by atoms with Crippen molar-refractivity contribution >= 4 is 0 Å². The third kappa shape index (κ3) is 2.98. The van der Waals surface area contributed by atoms with Crippen LogP contribution in [0, 0.1) is 0 Å². The van der Waals surface area contributed by atoms with Gasteiger partial charge in [0, 0.05) is 29.2 Å². The van der Waals surface area contributed by atoms with Crippen LogP contribution in [0.3, 0.4) is 0 Å². The molecule has 7 N–H and O–H groups in total. The average molecular weight is 356 g/mol. The molecule has 0 atom stereocenters. The molecule has 0 aromatic heterocycles. The summed E-state index contributed by atoms with van der Waals surface area (Å²) >= 11 is 0. The van der Waals surface area contributed by atoms with Crippen molar-refractivity contribution in [3.05, 3.63) is 65.2 Å². The molecule has 0 aliphatic rings. The van der Waals surface area contributed by atoms with Crippen molar-refractivity contribution < 1.29 is 35.7 Å². The smallest absolute Gasteiger partial charge is 0.200 e. The van der Waals surface area contributed by atoms with E-state index in [1.165, 1.54) is 36.4 Å². The lowest BCUT2D eigenvalue weighted by Crippen LogP contribution is -2.04. The minimum atomic E-state index is -0.881. The van der Waals surface area contributed by atoms with Crippen LogP contribution in [0.4, 0.5) is 0 Å². The minimum absolute atomic E-state index is 0.170. The summed E-state index contributed by atoms with van der Waals surface area (Å²) in [5.74, 6) is -3.65. The first-order valence-corrected chi connectivity index (χ1v) is 7.56. The van der Waals surface area contributed by atoms with Gasteiger partial charge < -0.3 is 35.7 Å². The minimum Gasteiger partial charge on any atom is -0.508 e. The number of phenolic OH excluding ortho intramolecular Hbond substituents is 7. The Labute approximate surface area is 147 Å². The summed E-state index contributed by atoms with van der Waals surface area (Å²) in [6.45, 7) is 0. The molecule has 7 heteroatoms. The first kappa shape index (κ1) is 17.1. The SMILES string of the molecule is Oc1ccc(C(c2cc(O)c(O)c(O)c2)c2ccc(O)cc2O)c(O)c1. The number of rotatable bonds is 3. The van der Waals surface area contributed by atoms with Crippen LogP contribution in [-0.4, -0.2) is 35.7 Å². The maximum atomic E-state index is 10.3. The van der Waals surface area contributed by atoms with Crippen molar-refractivity contribution in [2.24, 2.45) is 0 Å². The Morgan fingerprint density at radius 2 is 0.923 bits per heavy atom. The normalized spacial score (nSPS) is 11.0. The molecule has 3 aromatic rings. The summed E-state index contributed by atoms with van der Waals surface area (Å²) in [7, 11) is 0. The van der Waals surface area contributed by atoms with E-state index in [4.69, 9.17) is 0 Å². The first-order chi connectivity index (χ1) is 12.3. The molecule has 0 heterocycles.